The summed E-state index contributed by atoms with van der Waals surface area (Å²) in [5.74, 6) is 0. The molecular formula is C20H24N2OP+. The number of hydrogen-bond acceptors (Lipinski definition) is 1. The van der Waals surface area contributed by atoms with E-state index in [4.69, 9.17) is 0 Å². The number of benzene rings is 2. The summed E-state index contributed by atoms with van der Waals surface area (Å²) in [7, 11) is -1.47. The summed E-state index contributed by atoms with van der Waals surface area (Å²) in [6.45, 7) is 1.59. The molecule has 124 valence electrons. The van der Waals surface area contributed by atoms with Crippen LogP contribution < -0.4 is 0 Å². The van der Waals surface area contributed by atoms with Crippen LogP contribution in [0.15, 0.2) is 60.7 Å². The molecule has 1 heterocycles. The van der Waals surface area contributed by atoms with Crippen LogP contribution in [-0.2, 0) is 17.7 Å². The lowest BCUT2D eigenvalue weighted by Gasteiger charge is -2.26. The third kappa shape index (κ3) is 3.17. The lowest BCUT2D eigenvalue weighted by molar-refractivity contribution is 0.197. The molecule has 2 atom stereocenters. The van der Waals surface area contributed by atoms with Crippen LogP contribution >= 0.6 is 8.10 Å². The predicted molar refractivity (Wildman–Crippen MR) is 97.6 cm³/mol. The van der Waals surface area contributed by atoms with Crippen molar-refractivity contribution in [3.05, 3.63) is 71.8 Å². The Labute approximate surface area is 145 Å². The van der Waals surface area contributed by atoms with Gasteiger partial charge >= 0.3 is 8.10 Å². The zero-order valence-corrected chi connectivity index (χ0v) is 14.8. The molecule has 0 radical (unpaired) electrons. The van der Waals surface area contributed by atoms with Gasteiger partial charge in [-0.1, -0.05) is 82.8 Å². The number of hydrogen-bond donors (Lipinski definition) is 0. The van der Waals surface area contributed by atoms with Crippen molar-refractivity contribution in [2.75, 3.05) is 0 Å². The average molecular weight is 339 g/mol. The standard InChI is InChI=1S/C20H24N2OP/c23-24-21(15-17-9-3-1-4-10-17)19-13-7-8-14-20(19)22(24)16-18-11-5-2-6-12-18/h1-6,9-12,19-20H,7-8,13-16H2/q+1. The second-order valence-corrected chi connectivity index (χ2v) is 8.37. The number of rotatable bonds is 4. The Morgan fingerprint density at radius 3 is 1.58 bits per heavy atom. The molecule has 0 N–H and O–H groups in total. The highest BCUT2D eigenvalue weighted by molar-refractivity contribution is 7.39. The maximum Gasteiger partial charge on any atom is 0.538 e. The molecule has 1 saturated heterocycles. The Balaban J connectivity index is 1.57. The van der Waals surface area contributed by atoms with E-state index in [1.54, 1.807) is 0 Å². The Morgan fingerprint density at radius 2 is 1.17 bits per heavy atom. The van der Waals surface area contributed by atoms with Gasteiger partial charge in [-0.2, -0.15) is 0 Å². The highest BCUT2D eigenvalue weighted by atomic mass is 31.1. The molecule has 2 aliphatic rings. The van der Waals surface area contributed by atoms with Crippen LogP contribution in [0.4, 0.5) is 0 Å². The third-order valence-electron chi connectivity index (χ3n) is 5.27. The average Bonchev–Trinajstić information content (AvgIpc) is 2.90. The van der Waals surface area contributed by atoms with Gasteiger partial charge in [0.05, 0.1) is 25.2 Å². The van der Waals surface area contributed by atoms with Crippen molar-refractivity contribution < 1.29 is 4.57 Å². The van der Waals surface area contributed by atoms with Gasteiger partial charge in [0.1, 0.15) is 0 Å². The van der Waals surface area contributed by atoms with Gasteiger partial charge in [-0.3, -0.25) is 0 Å². The molecular weight excluding hydrogens is 315 g/mol. The van der Waals surface area contributed by atoms with Crippen LogP contribution in [0.1, 0.15) is 36.8 Å². The van der Waals surface area contributed by atoms with E-state index in [0.29, 0.717) is 12.1 Å². The van der Waals surface area contributed by atoms with E-state index in [1.807, 2.05) is 12.1 Å². The number of fused-ring (bicyclic) bond motifs is 1. The smallest absolute Gasteiger partial charge is 0.0698 e. The molecule has 0 aromatic heterocycles. The summed E-state index contributed by atoms with van der Waals surface area (Å²) < 4.78 is 17.8. The molecule has 0 amide bonds. The van der Waals surface area contributed by atoms with E-state index in [1.165, 1.54) is 36.8 Å². The second kappa shape index (κ2) is 7.14. The minimum atomic E-state index is -1.47. The Bertz CT molecular complexity index is 632. The van der Waals surface area contributed by atoms with Crippen LogP contribution in [-0.4, -0.2) is 21.4 Å². The monoisotopic (exact) mass is 339 g/mol. The van der Waals surface area contributed by atoms with Gasteiger partial charge in [-0.15, -0.1) is 0 Å². The van der Waals surface area contributed by atoms with Crippen LogP contribution in [0.25, 0.3) is 0 Å². The van der Waals surface area contributed by atoms with E-state index in [9.17, 15) is 4.57 Å². The molecule has 4 heteroatoms. The maximum absolute atomic E-state index is 13.3. The first-order valence-corrected chi connectivity index (χ1v) is 10.1. The highest BCUT2D eigenvalue weighted by Gasteiger charge is 2.57. The highest BCUT2D eigenvalue weighted by Crippen LogP contribution is 2.51. The lowest BCUT2D eigenvalue weighted by atomic mass is 9.90. The quantitative estimate of drug-likeness (QED) is 0.735. The van der Waals surface area contributed by atoms with Crippen molar-refractivity contribution in [1.29, 1.82) is 0 Å². The molecule has 2 unspecified atom stereocenters. The Hall–Kier alpha value is -1.54. The van der Waals surface area contributed by atoms with E-state index in [0.717, 1.165) is 13.1 Å². The molecule has 2 aromatic rings. The third-order valence-corrected chi connectivity index (χ3v) is 7.03. The van der Waals surface area contributed by atoms with Crippen LogP contribution in [0.2, 0.25) is 0 Å². The lowest BCUT2D eigenvalue weighted by Crippen LogP contribution is -2.39. The summed E-state index contributed by atoms with van der Waals surface area (Å²) in [5.41, 5.74) is 2.51. The first kappa shape index (κ1) is 16.0. The van der Waals surface area contributed by atoms with Gasteiger partial charge < -0.3 is 0 Å². The van der Waals surface area contributed by atoms with Crippen LogP contribution in [0, 0.1) is 0 Å². The summed E-state index contributed by atoms with van der Waals surface area (Å²) in [4.78, 5) is 0. The fourth-order valence-corrected chi connectivity index (χ4v) is 5.99. The molecule has 4 rings (SSSR count). The summed E-state index contributed by atoms with van der Waals surface area (Å²) in [6, 6.07) is 21.8. The van der Waals surface area contributed by atoms with E-state index >= 15 is 0 Å². The zero-order chi connectivity index (χ0) is 16.4. The Morgan fingerprint density at radius 1 is 0.750 bits per heavy atom. The normalized spacial score (nSPS) is 26.4. The van der Waals surface area contributed by atoms with Crippen molar-refractivity contribution in [3.63, 3.8) is 0 Å². The van der Waals surface area contributed by atoms with E-state index < -0.39 is 8.10 Å². The van der Waals surface area contributed by atoms with Crippen molar-refractivity contribution in [3.8, 4) is 0 Å². The minimum absolute atomic E-state index is 0.436. The topological polar surface area (TPSA) is 23.6 Å². The summed E-state index contributed by atoms with van der Waals surface area (Å²) >= 11 is 0. The maximum atomic E-state index is 13.3. The van der Waals surface area contributed by atoms with Gasteiger partial charge in [0, 0.05) is 0 Å². The molecule has 2 aromatic carbocycles. The molecule has 3 nitrogen and oxygen atoms in total. The molecule has 24 heavy (non-hydrogen) atoms. The van der Waals surface area contributed by atoms with Crippen LogP contribution in [0.5, 0.6) is 0 Å². The van der Waals surface area contributed by atoms with Gasteiger partial charge in [-0.05, 0) is 28.5 Å². The van der Waals surface area contributed by atoms with Gasteiger partial charge in [0.15, 0.2) is 0 Å². The largest absolute Gasteiger partial charge is 0.538 e. The van der Waals surface area contributed by atoms with Crippen molar-refractivity contribution in [2.24, 2.45) is 0 Å². The molecule has 1 aliphatic carbocycles. The summed E-state index contributed by atoms with van der Waals surface area (Å²) in [6.07, 6.45) is 4.86. The SMILES string of the molecule is O=[P+]1N(Cc2ccccc2)C2CCCCC2N1Cc1ccccc1. The van der Waals surface area contributed by atoms with Crippen LogP contribution in [0.3, 0.4) is 0 Å². The number of nitrogens with zero attached hydrogens (tertiary/aromatic N) is 2. The predicted octanol–water partition coefficient (Wildman–Crippen LogP) is 4.97. The first-order valence-electron chi connectivity index (χ1n) is 8.91. The second-order valence-electron chi connectivity index (χ2n) is 6.84. The molecule has 1 saturated carbocycles. The van der Waals surface area contributed by atoms with E-state index in [2.05, 4.69) is 57.9 Å². The summed E-state index contributed by atoms with van der Waals surface area (Å²) in [5, 5.41) is 0. The minimum Gasteiger partial charge on any atom is -0.0698 e. The zero-order valence-electron chi connectivity index (χ0n) is 13.9. The van der Waals surface area contributed by atoms with Gasteiger partial charge in [0.25, 0.3) is 0 Å². The molecule has 1 aliphatic heterocycles. The Kier molecular flexibility index (Phi) is 4.75. The molecule has 0 bridgehead atoms. The molecule has 2 fully saturated rings. The molecule has 0 spiro atoms. The van der Waals surface area contributed by atoms with Gasteiger partial charge in [0.2, 0.25) is 0 Å². The van der Waals surface area contributed by atoms with Gasteiger partial charge in [-0.25, -0.2) is 0 Å². The fraction of sp³-hybridized carbons (Fsp3) is 0.400. The van der Waals surface area contributed by atoms with E-state index in [-0.39, 0.29) is 0 Å². The first-order chi connectivity index (χ1) is 11.8. The van der Waals surface area contributed by atoms with Crippen molar-refractivity contribution in [2.45, 2.75) is 50.9 Å². The van der Waals surface area contributed by atoms with Crippen molar-refractivity contribution >= 4 is 8.10 Å². The van der Waals surface area contributed by atoms with Crippen molar-refractivity contribution in [1.82, 2.24) is 9.34 Å². The fourth-order valence-electron chi connectivity index (χ4n) is 4.08.